The van der Waals surface area contributed by atoms with Crippen molar-refractivity contribution in [2.24, 2.45) is 5.92 Å². The molecule has 1 aromatic rings. The minimum atomic E-state index is -0.0742. The van der Waals surface area contributed by atoms with Gasteiger partial charge in [0.2, 0.25) is 0 Å². The molecule has 4 heteroatoms. The molecule has 0 radical (unpaired) electrons. The molecular weight excluding hydrogens is 262 g/mol. The number of nitrogens with one attached hydrogen (secondary N) is 1. The van der Waals surface area contributed by atoms with Crippen LogP contribution >= 0.6 is 23.1 Å². The largest absolute Gasteiger partial charge is 0.393 e. The Bertz CT molecular complexity index is 406. The number of rotatable bonds is 3. The Labute approximate surface area is 117 Å². The Hall–Kier alpha value is -0.0300. The second-order valence-corrected chi connectivity index (χ2v) is 8.17. The molecule has 3 rings (SSSR count). The first-order valence-corrected chi connectivity index (χ1v) is 8.65. The van der Waals surface area contributed by atoms with Crippen molar-refractivity contribution in [3.05, 3.63) is 17.0 Å². The monoisotopic (exact) mass is 283 g/mol. The zero-order valence-corrected chi connectivity index (χ0v) is 12.4. The van der Waals surface area contributed by atoms with E-state index in [0.29, 0.717) is 17.2 Å². The highest BCUT2D eigenvalue weighted by Crippen LogP contribution is 2.43. The fraction of sp³-hybridized carbons (Fsp3) is 0.714. The summed E-state index contributed by atoms with van der Waals surface area (Å²) in [5, 5.41) is 16.5. The summed E-state index contributed by atoms with van der Waals surface area (Å²) in [6.45, 7) is 3.28. The molecule has 1 aromatic heterocycles. The van der Waals surface area contributed by atoms with Crippen LogP contribution in [0.5, 0.6) is 0 Å². The summed E-state index contributed by atoms with van der Waals surface area (Å²) in [6.07, 6.45) is 4.50. The molecule has 1 aliphatic heterocycles. The third-order valence-electron chi connectivity index (χ3n) is 4.16. The van der Waals surface area contributed by atoms with Crippen LogP contribution < -0.4 is 5.32 Å². The third-order valence-corrected chi connectivity index (χ3v) is 6.50. The fourth-order valence-corrected chi connectivity index (χ4v) is 5.66. The standard InChI is InChI=1S/C14H21NOS2/c1-9-7-12(11-5-6-17-14(11)18-9)15-8-10-3-2-4-13(10)16/h5-6,9-10,12-13,15-16H,2-4,7-8H2,1H3/t9-,10?,12?,13?/m0/s1. The molecule has 1 aliphatic carbocycles. The van der Waals surface area contributed by atoms with Crippen molar-refractivity contribution < 1.29 is 5.11 Å². The lowest BCUT2D eigenvalue weighted by Crippen LogP contribution is -2.33. The molecular formula is C14H21NOS2. The van der Waals surface area contributed by atoms with Gasteiger partial charge in [-0.15, -0.1) is 23.1 Å². The van der Waals surface area contributed by atoms with Crippen molar-refractivity contribution in [1.82, 2.24) is 5.32 Å². The Morgan fingerprint density at radius 2 is 2.33 bits per heavy atom. The maximum Gasteiger partial charge on any atom is 0.0649 e. The lowest BCUT2D eigenvalue weighted by Gasteiger charge is -2.29. The second kappa shape index (κ2) is 5.53. The minimum absolute atomic E-state index is 0.0742. The Kier molecular flexibility index (Phi) is 3.99. The molecule has 2 nitrogen and oxygen atoms in total. The van der Waals surface area contributed by atoms with Crippen LogP contribution in [0, 0.1) is 5.92 Å². The molecule has 2 N–H and O–H groups in total. The summed E-state index contributed by atoms with van der Waals surface area (Å²) in [6, 6.07) is 2.76. The molecule has 18 heavy (non-hydrogen) atoms. The first-order valence-electron chi connectivity index (χ1n) is 6.89. The summed E-state index contributed by atoms with van der Waals surface area (Å²) in [5.74, 6) is 0.469. The van der Waals surface area contributed by atoms with Gasteiger partial charge in [0.05, 0.1) is 10.3 Å². The van der Waals surface area contributed by atoms with Crippen molar-refractivity contribution in [3.63, 3.8) is 0 Å². The lowest BCUT2D eigenvalue weighted by atomic mass is 10.0. The Balaban J connectivity index is 1.63. The molecule has 3 unspecified atom stereocenters. The smallest absolute Gasteiger partial charge is 0.0649 e. The molecule has 1 fully saturated rings. The zero-order chi connectivity index (χ0) is 12.5. The highest BCUT2D eigenvalue weighted by Gasteiger charge is 2.29. The van der Waals surface area contributed by atoms with Crippen LogP contribution in [0.2, 0.25) is 0 Å². The van der Waals surface area contributed by atoms with Crippen molar-refractivity contribution in [3.8, 4) is 0 Å². The molecule has 2 heterocycles. The Morgan fingerprint density at radius 1 is 1.44 bits per heavy atom. The van der Waals surface area contributed by atoms with Crippen molar-refractivity contribution >= 4 is 23.1 Å². The van der Waals surface area contributed by atoms with E-state index in [1.807, 2.05) is 23.1 Å². The number of hydrogen-bond acceptors (Lipinski definition) is 4. The molecule has 2 aliphatic rings. The topological polar surface area (TPSA) is 32.3 Å². The van der Waals surface area contributed by atoms with Gasteiger partial charge in [-0.2, -0.15) is 0 Å². The number of fused-ring (bicyclic) bond motifs is 1. The first kappa shape index (κ1) is 13.0. The zero-order valence-electron chi connectivity index (χ0n) is 10.8. The molecule has 1 saturated carbocycles. The molecule has 100 valence electrons. The number of aliphatic hydroxyl groups excluding tert-OH is 1. The summed E-state index contributed by atoms with van der Waals surface area (Å²) >= 11 is 3.88. The van der Waals surface area contributed by atoms with Crippen LogP contribution in [0.15, 0.2) is 15.7 Å². The number of thiophene rings is 1. The van der Waals surface area contributed by atoms with E-state index in [9.17, 15) is 5.11 Å². The third kappa shape index (κ3) is 2.62. The fourth-order valence-electron chi connectivity index (χ4n) is 3.09. The number of thioether (sulfide) groups is 1. The second-order valence-electron chi connectivity index (χ2n) is 5.55. The number of aliphatic hydroxyl groups is 1. The van der Waals surface area contributed by atoms with E-state index in [0.717, 1.165) is 13.0 Å². The quantitative estimate of drug-likeness (QED) is 0.891. The van der Waals surface area contributed by atoms with E-state index in [4.69, 9.17) is 0 Å². The molecule has 4 atom stereocenters. The van der Waals surface area contributed by atoms with E-state index in [1.165, 1.54) is 29.0 Å². The van der Waals surface area contributed by atoms with Crippen LogP contribution in [0.3, 0.4) is 0 Å². The van der Waals surface area contributed by atoms with Crippen molar-refractivity contribution in [1.29, 1.82) is 0 Å². The van der Waals surface area contributed by atoms with Crippen LogP contribution in [-0.2, 0) is 0 Å². The average molecular weight is 283 g/mol. The van der Waals surface area contributed by atoms with Gasteiger partial charge in [0.25, 0.3) is 0 Å². The van der Waals surface area contributed by atoms with E-state index in [-0.39, 0.29) is 6.10 Å². The summed E-state index contributed by atoms with van der Waals surface area (Å²) < 4.78 is 1.48. The molecule has 0 amide bonds. The first-order chi connectivity index (χ1) is 8.74. The van der Waals surface area contributed by atoms with Gasteiger partial charge < -0.3 is 10.4 Å². The van der Waals surface area contributed by atoms with Crippen LogP contribution in [0.4, 0.5) is 0 Å². The van der Waals surface area contributed by atoms with Gasteiger partial charge >= 0.3 is 0 Å². The summed E-state index contributed by atoms with van der Waals surface area (Å²) in [7, 11) is 0. The average Bonchev–Trinajstić information content (AvgIpc) is 2.94. The summed E-state index contributed by atoms with van der Waals surface area (Å²) in [5.41, 5.74) is 1.48. The highest BCUT2D eigenvalue weighted by atomic mass is 32.2. The van der Waals surface area contributed by atoms with Gasteiger partial charge in [0.15, 0.2) is 0 Å². The van der Waals surface area contributed by atoms with E-state index < -0.39 is 0 Å². The van der Waals surface area contributed by atoms with Gasteiger partial charge in [0, 0.05) is 17.8 Å². The van der Waals surface area contributed by atoms with Gasteiger partial charge in [-0.05, 0) is 42.2 Å². The van der Waals surface area contributed by atoms with E-state index in [1.54, 1.807) is 0 Å². The highest BCUT2D eigenvalue weighted by molar-refractivity contribution is 8.01. The van der Waals surface area contributed by atoms with Crippen LogP contribution in [0.1, 0.15) is 44.2 Å². The van der Waals surface area contributed by atoms with Gasteiger partial charge in [0.1, 0.15) is 0 Å². The predicted molar refractivity (Wildman–Crippen MR) is 78.3 cm³/mol. The van der Waals surface area contributed by atoms with Crippen molar-refractivity contribution in [2.75, 3.05) is 6.54 Å². The molecule has 0 saturated heterocycles. The maximum atomic E-state index is 9.88. The van der Waals surface area contributed by atoms with Gasteiger partial charge in [-0.1, -0.05) is 13.3 Å². The van der Waals surface area contributed by atoms with Crippen LogP contribution in [0.25, 0.3) is 0 Å². The SMILES string of the molecule is C[C@H]1CC(NCC2CCCC2O)c2ccsc2S1. The Morgan fingerprint density at radius 3 is 3.11 bits per heavy atom. The maximum absolute atomic E-state index is 9.88. The van der Waals surface area contributed by atoms with Gasteiger partial charge in [-0.3, -0.25) is 0 Å². The predicted octanol–water partition coefficient (Wildman–Crippen LogP) is 3.42. The van der Waals surface area contributed by atoms with E-state index >= 15 is 0 Å². The molecule has 0 bridgehead atoms. The molecule has 0 spiro atoms. The summed E-state index contributed by atoms with van der Waals surface area (Å²) in [4.78, 5) is 0. The minimum Gasteiger partial charge on any atom is -0.393 e. The number of hydrogen-bond donors (Lipinski definition) is 2. The van der Waals surface area contributed by atoms with E-state index in [2.05, 4.69) is 23.7 Å². The molecule has 0 aromatic carbocycles. The van der Waals surface area contributed by atoms with Crippen LogP contribution in [-0.4, -0.2) is 23.0 Å². The lowest BCUT2D eigenvalue weighted by molar-refractivity contribution is 0.129. The van der Waals surface area contributed by atoms with Gasteiger partial charge in [-0.25, -0.2) is 0 Å². The normalized spacial score (nSPS) is 35.7. The van der Waals surface area contributed by atoms with Crippen molar-refractivity contribution in [2.45, 2.75) is 54.2 Å².